The van der Waals surface area contributed by atoms with Crippen LogP contribution in [-0.4, -0.2) is 55.6 Å². The number of morpholine rings is 1. The van der Waals surface area contributed by atoms with Gasteiger partial charge in [0.25, 0.3) is 0 Å². The maximum absolute atomic E-state index is 14.7. The van der Waals surface area contributed by atoms with Crippen molar-refractivity contribution in [2.75, 3.05) is 24.7 Å². The monoisotopic (exact) mass is 506 g/mol. The van der Waals surface area contributed by atoms with E-state index in [1.54, 1.807) is 12.4 Å². The van der Waals surface area contributed by atoms with Gasteiger partial charge in [-0.1, -0.05) is 6.07 Å². The van der Waals surface area contributed by atoms with Crippen molar-refractivity contribution >= 4 is 17.0 Å². The van der Waals surface area contributed by atoms with Gasteiger partial charge in [-0.25, -0.2) is 18.4 Å². The smallest absolute Gasteiger partial charge is 0.419 e. The summed E-state index contributed by atoms with van der Waals surface area (Å²) in [7, 11) is 1.49. The molecule has 188 valence electrons. The summed E-state index contributed by atoms with van der Waals surface area (Å²) in [5, 5.41) is 13.9. The van der Waals surface area contributed by atoms with E-state index in [1.807, 2.05) is 17.0 Å². The van der Waals surface area contributed by atoms with Gasteiger partial charge in [-0.15, -0.1) is 0 Å². The molecule has 4 heterocycles. The highest BCUT2D eigenvalue weighted by Crippen LogP contribution is 2.41. The summed E-state index contributed by atoms with van der Waals surface area (Å²) >= 11 is 0. The van der Waals surface area contributed by atoms with Gasteiger partial charge in [0.05, 0.1) is 30.2 Å². The summed E-state index contributed by atoms with van der Waals surface area (Å²) in [4.78, 5) is 15.0. The molecule has 13 heteroatoms. The Kier molecular flexibility index (Phi) is 5.94. The third kappa shape index (κ3) is 4.19. The van der Waals surface area contributed by atoms with Crippen molar-refractivity contribution < 1.29 is 31.8 Å². The summed E-state index contributed by atoms with van der Waals surface area (Å²) in [5.41, 5.74) is -1.57. The molecule has 5 rings (SSSR count). The number of hydrogen-bond donors (Lipinski definition) is 1. The number of rotatable bonds is 4. The van der Waals surface area contributed by atoms with E-state index in [-0.39, 0.29) is 28.8 Å². The first-order chi connectivity index (χ1) is 17.1. The van der Waals surface area contributed by atoms with Crippen molar-refractivity contribution in [3.8, 4) is 17.0 Å². The predicted octanol–water partition coefficient (Wildman–Crippen LogP) is 3.88. The van der Waals surface area contributed by atoms with Crippen LogP contribution in [0, 0.1) is 11.6 Å². The summed E-state index contributed by atoms with van der Waals surface area (Å²) < 4.78 is 75.4. The van der Waals surface area contributed by atoms with Crippen LogP contribution in [0.3, 0.4) is 0 Å². The van der Waals surface area contributed by atoms with E-state index in [1.165, 1.54) is 17.9 Å². The molecule has 0 aliphatic carbocycles. The molecule has 1 atom stereocenters. The molecule has 1 saturated heterocycles. The number of phenolic OH excluding ortho intramolecular Hbond substituents is 1. The molecular formula is C23H19F5N6O2. The van der Waals surface area contributed by atoms with E-state index in [2.05, 4.69) is 20.1 Å². The quantitative estimate of drug-likeness (QED) is 0.421. The first-order valence-corrected chi connectivity index (χ1v) is 10.9. The molecule has 0 bridgehead atoms. The molecular weight excluding hydrogens is 487 g/mol. The minimum atomic E-state index is -5.15. The highest BCUT2D eigenvalue weighted by atomic mass is 19.4. The van der Waals surface area contributed by atoms with E-state index in [0.29, 0.717) is 32.1 Å². The molecule has 1 fully saturated rings. The van der Waals surface area contributed by atoms with Crippen molar-refractivity contribution in [1.82, 2.24) is 24.7 Å². The first-order valence-electron chi connectivity index (χ1n) is 10.9. The fourth-order valence-corrected chi connectivity index (χ4v) is 4.25. The van der Waals surface area contributed by atoms with Crippen LogP contribution in [0.5, 0.6) is 5.75 Å². The number of aromatic hydroxyl groups is 1. The summed E-state index contributed by atoms with van der Waals surface area (Å²) in [6, 6.07) is 3.96. The van der Waals surface area contributed by atoms with Crippen LogP contribution < -0.4 is 4.90 Å². The Labute approximate surface area is 201 Å². The van der Waals surface area contributed by atoms with Gasteiger partial charge in [0.15, 0.2) is 23.0 Å². The highest BCUT2D eigenvalue weighted by molar-refractivity contribution is 5.91. The van der Waals surface area contributed by atoms with Crippen LogP contribution in [0.15, 0.2) is 36.8 Å². The van der Waals surface area contributed by atoms with Crippen molar-refractivity contribution in [2.24, 2.45) is 7.05 Å². The number of halogens is 5. The van der Waals surface area contributed by atoms with E-state index in [9.17, 15) is 27.1 Å². The molecule has 36 heavy (non-hydrogen) atoms. The van der Waals surface area contributed by atoms with Crippen LogP contribution in [0.4, 0.5) is 27.9 Å². The zero-order chi connectivity index (χ0) is 25.6. The van der Waals surface area contributed by atoms with E-state index >= 15 is 0 Å². The first kappa shape index (κ1) is 23.9. The van der Waals surface area contributed by atoms with Crippen LogP contribution in [-0.2, 0) is 24.4 Å². The largest absolute Gasteiger partial charge is 0.503 e. The van der Waals surface area contributed by atoms with Crippen LogP contribution in [0.2, 0.25) is 0 Å². The topological polar surface area (TPSA) is 89.2 Å². The normalized spacial score (nSPS) is 16.6. The number of pyridine rings is 1. The molecule has 1 aliphatic heterocycles. The van der Waals surface area contributed by atoms with Gasteiger partial charge >= 0.3 is 6.18 Å². The van der Waals surface area contributed by atoms with Crippen molar-refractivity contribution in [2.45, 2.75) is 18.6 Å². The second kappa shape index (κ2) is 8.97. The molecule has 0 spiro atoms. The minimum Gasteiger partial charge on any atom is -0.503 e. The zero-order valence-corrected chi connectivity index (χ0v) is 18.8. The molecule has 0 amide bonds. The second-order valence-corrected chi connectivity index (χ2v) is 8.31. The van der Waals surface area contributed by atoms with Crippen LogP contribution >= 0.6 is 0 Å². The van der Waals surface area contributed by atoms with Gasteiger partial charge in [-0.05, 0) is 24.1 Å². The Hall–Kier alpha value is -3.87. The summed E-state index contributed by atoms with van der Waals surface area (Å²) in [6.07, 6.45) is 0.219. The number of aromatic nitrogens is 5. The lowest BCUT2D eigenvalue weighted by molar-refractivity contribution is -0.140. The highest BCUT2D eigenvalue weighted by Gasteiger charge is 2.38. The van der Waals surface area contributed by atoms with Crippen molar-refractivity contribution in [1.29, 1.82) is 0 Å². The molecule has 0 saturated carbocycles. The molecule has 8 nitrogen and oxygen atoms in total. The number of hydrogen-bond acceptors (Lipinski definition) is 7. The minimum absolute atomic E-state index is 0.103. The fraction of sp³-hybridized carbons (Fsp3) is 0.304. The van der Waals surface area contributed by atoms with E-state index in [4.69, 9.17) is 4.74 Å². The van der Waals surface area contributed by atoms with Crippen molar-refractivity contribution in [3.63, 3.8) is 0 Å². The lowest BCUT2D eigenvalue weighted by Crippen LogP contribution is -2.47. The Morgan fingerprint density at radius 2 is 2.00 bits per heavy atom. The number of aryl methyl sites for hydroxylation is 1. The molecule has 1 aliphatic rings. The van der Waals surface area contributed by atoms with Gasteiger partial charge in [-0.3, -0.25) is 4.98 Å². The van der Waals surface area contributed by atoms with Gasteiger partial charge < -0.3 is 14.7 Å². The van der Waals surface area contributed by atoms with Crippen LogP contribution in [0.25, 0.3) is 22.3 Å². The Bertz CT molecular complexity index is 1430. The van der Waals surface area contributed by atoms with Crippen molar-refractivity contribution in [3.05, 3.63) is 59.6 Å². The fourth-order valence-electron chi connectivity index (χ4n) is 4.25. The number of alkyl halides is 3. The summed E-state index contributed by atoms with van der Waals surface area (Å²) in [6.45, 7) is 1.37. The number of fused-ring (bicyclic) bond motifs is 1. The average Bonchev–Trinajstić information content (AvgIpc) is 3.18. The van der Waals surface area contributed by atoms with E-state index in [0.717, 1.165) is 5.56 Å². The standard InChI is InChI=1S/C23H19F5N6O2/c1-33-21-15(19(32-33)14-8-16(23(26,27)28)18(25)20(35)17(14)24)10-30-22(31-21)34-5-6-36-11-13(34)7-12-3-2-4-29-9-12/h2-4,8-10,13,35H,5-7,11H2,1H3. The maximum atomic E-state index is 14.7. The Morgan fingerprint density at radius 1 is 1.19 bits per heavy atom. The Morgan fingerprint density at radius 3 is 2.72 bits per heavy atom. The number of phenols is 1. The molecule has 1 N–H and O–H groups in total. The molecule has 1 unspecified atom stereocenters. The maximum Gasteiger partial charge on any atom is 0.419 e. The molecule has 3 aromatic heterocycles. The molecule has 4 aromatic rings. The van der Waals surface area contributed by atoms with Gasteiger partial charge in [0, 0.05) is 37.7 Å². The van der Waals surface area contributed by atoms with E-state index < -0.39 is 34.7 Å². The number of anilines is 1. The van der Waals surface area contributed by atoms with Gasteiger partial charge in [0.2, 0.25) is 5.95 Å². The summed E-state index contributed by atoms with van der Waals surface area (Å²) in [5.74, 6) is -5.04. The number of nitrogens with zero attached hydrogens (tertiary/aromatic N) is 6. The molecule has 1 aromatic carbocycles. The lowest BCUT2D eigenvalue weighted by Gasteiger charge is -2.35. The third-order valence-corrected chi connectivity index (χ3v) is 5.98. The lowest BCUT2D eigenvalue weighted by atomic mass is 10.0. The predicted molar refractivity (Wildman–Crippen MR) is 118 cm³/mol. The molecule has 0 radical (unpaired) electrons. The number of benzene rings is 1. The second-order valence-electron chi connectivity index (χ2n) is 8.31. The Balaban J connectivity index is 1.56. The van der Waals surface area contributed by atoms with Crippen LogP contribution in [0.1, 0.15) is 11.1 Å². The third-order valence-electron chi connectivity index (χ3n) is 5.98. The van der Waals surface area contributed by atoms with Gasteiger partial charge in [0.1, 0.15) is 5.69 Å². The number of ether oxygens (including phenoxy) is 1. The zero-order valence-electron chi connectivity index (χ0n) is 18.8. The average molecular weight is 506 g/mol. The van der Waals surface area contributed by atoms with Gasteiger partial charge in [-0.2, -0.15) is 23.3 Å². The SMILES string of the molecule is Cn1nc(-c2cc(C(F)(F)F)c(F)c(O)c2F)c2cnc(N3CCOCC3Cc3cccnc3)nc21.